The van der Waals surface area contributed by atoms with Crippen LogP contribution in [0.15, 0.2) is 46.3 Å². The smallest absolute Gasteiger partial charge is 0.221 e. The van der Waals surface area contributed by atoms with Gasteiger partial charge < -0.3 is 5.32 Å². The fourth-order valence-electron chi connectivity index (χ4n) is 1.62. The van der Waals surface area contributed by atoms with Crippen LogP contribution in [0.25, 0.3) is 6.08 Å². The molecule has 0 aliphatic carbocycles. The first-order valence-electron chi connectivity index (χ1n) is 5.89. The van der Waals surface area contributed by atoms with E-state index in [1.807, 2.05) is 11.4 Å². The van der Waals surface area contributed by atoms with E-state index in [1.165, 1.54) is 13.0 Å². The Hall–Kier alpha value is -1.72. The third-order valence-electron chi connectivity index (χ3n) is 2.45. The molecular weight excluding hydrogens is 338 g/mol. The monoisotopic (exact) mass is 349 g/mol. The average Bonchev–Trinajstić information content (AvgIpc) is 2.81. The second-order valence-corrected chi connectivity index (χ2v) is 5.99. The number of carbonyl (C=O) groups is 2. The van der Waals surface area contributed by atoms with Crippen molar-refractivity contribution in [3.63, 3.8) is 0 Å². The van der Waals surface area contributed by atoms with Gasteiger partial charge in [-0.1, -0.05) is 12.1 Å². The number of ketones is 1. The molecule has 0 atom stereocenters. The first-order chi connectivity index (χ1) is 9.54. The molecule has 0 fully saturated rings. The van der Waals surface area contributed by atoms with Gasteiger partial charge in [0, 0.05) is 32.9 Å². The van der Waals surface area contributed by atoms with Crippen LogP contribution in [0.4, 0.5) is 5.69 Å². The van der Waals surface area contributed by atoms with Crippen molar-refractivity contribution < 1.29 is 9.59 Å². The molecule has 0 unspecified atom stereocenters. The van der Waals surface area contributed by atoms with Crippen LogP contribution in [0, 0.1) is 0 Å². The lowest BCUT2D eigenvalue weighted by Crippen LogP contribution is -2.06. The van der Waals surface area contributed by atoms with Crippen molar-refractivity contribution in [2.75, 3.05) is 5.32 Å². The van der Waals surface area contributed by atoms with Crippen molar-refractivity contribution in [2.24, 2.45) is 0 Å². The number of carbonyl (C=O) groups excluding carboxylic acids is 2. The van der Waals surface area contributed by atoms with Gasteiger partial charge in [-0.3, -0.25) is 9.59 Å². The maximum atomic E-state index is 12.1. The minimum Gasteiger partial charge on any atom is -0.326 e. The number of nitrogens with one attached hydrogen (secondary N) is 1. The van der Waals surface area contributed by atoms with Crippen LogP contribution in [-0.2, 0) is 4.79 Å². The molecular formula is C15H12BrNO2S. The molecule has 5 heteroatoms. The summed E-state index contributed by atoms with van der Waals surface area (Å²) in [5.74, 6) is -0.254. The number of benzene rings is 1. The van der Waals surface area contributed by atoms with Crippen molar-refractivity contribution in [1.29, 1.82) is 0 Å². The number of anilines is 1. The van der Waals surface area contributed by atoms with Gasteiger partial charge in [0.2, 0.25) is 5.91 Å². The largest absolute Gasteiger partial charge is 0.326 e. The molecule has 0 saturated heterocycles. The quantitative estimate of drug-likeness (QED) is 0.658. The molecule has 1 aromatic heterocycles. The van der Waals surface area contributed by atoms with Crippen molar-refractivity contribution in [2.45, 2.75) is 6.92 Å². The molecule has 3 nitrogen and oxygen atoms in total. The summed E-state index contributed by atoms with van der Waals surface area (Å²) in [4.78, 5) is 24.1. The highest BCUT2D eigenvalue weighted by Crippen LogP contribution is 2.21. The second-order valence-electron chi connectivity index (χ2n) is 4.13. The molecule has 0 saturated carbocycles. The Bertz CT molecular complexity index is 676. The number of thiophene rings is 1. The summed E-state index contributed by atoms with van der Waals surface area (Å²) >= 11 is 4.92. The van der Waals surface area contributed by atoms with E-state index >= 15 is 0 Å². The van der Waals surface area contributed by atoms with Gasteiger partial charge in [0.1, 0.15) is 0 Å². The molecule has 1 aromatic carbocycles. The van der Waals surface area contributed by atoms with Gasteiger partial charge in [-0.15, -0.1) is 11.3 Å². The summed E-state index contributed by atoms with van der Waals surface area (Å²) in [6.07, 6.45) is 3.31. The molecule has 0 radical (unpaired) electrons. The zero-order chi connectivity index (χ0) is 14.5. The molecule has 0 spiro atoms. The Kier molecular flexibility index (Phi) is 4.87. The molecule has 1 heterocycles. The molecule has 0 aliphatic rings. The maximum Gasteiger partial charge on any atom is 0.221 e. The summed E-state index contributed by atoms with van der Waals surface area (Å²) < 4.78 is 1.00. The zero-order valence-corrected chi connectivity index (χ0v) is 13.1. The molecule has 1 N–H and O–H groups in total. The van der Waals surface area contributed by atoms with E-state index in [2.05, 4.69) is 21.2 Å². The summed E-state index contributed by atoms with van der Waals surface area (Å²) in [6.45, 7) is 1.43. The van der Waals surface area contributed by atoms with Crippen LogP contribution in [0.5, 0.6) is 0 Å². The third-order valence-corrected chi connectivity index (χ3v) is 4.11. The van der Waals surface area contributed by atoms with Gasteiger partial charge in [-0.25, -0.2) is 0 Å². The predicted molar refractivity (Wildman–Crippen MR) is 86.1 cm³/mol. The highest BCUT2D eigenvalue weighted by Gasteiger charge is 2.04. The SMILES string of the molecule is CC(=O)Nc1cccc(C(=O)/C=C/c2cc(Br)cs2)c1. The topological polar surface area (TPSA) is 46.2 Å². The Morgan fingerprint density at radius 2 is 2.10 bits per heavy atom. The van der Waals surface area contributed by atoms with E-state index < -0.39 is 0 Å². The second kappa shape index (κ2) is 6.63. The van der Waals surface area contributed by atoms with Crippen LogP contribution in [-0.4, -0.2) is 11.7 Å². The van der Waals surface area contributed by atoms with E-state index in [9.17, 15) is 9.59 Å². The first-order valence-corrected chi connectivity index (χ1v) is 7.56. The predicted octanol–water partition coefficient (Wildman–Crippen LogP) is 4.37. The summed E-state index contributed by atoms with van der Waals surface area (Å²) in [5.41, 5.74) is 1.17. The summed E-state index contributed by atoms with van der Waals surface area (Å²) in [6, 6.07) is 8.83. The number of rotatable bonds is 4. The van der Waals surface area contributed by atoms with Gasteiger partial charge in [0.25, 0.3) is 0 Å². The van der Waals surface area contributed by atoms with Crippen molar-refractivity contribution in [1.82, 2.24) is 0 Å². The third kappa shape index (κ3) is 4.15. The van der Waals surface area contributed by atoms with Crippen molar-refractivity contribution in [3.05, 3.63) is 56.7 Å². The van der Waals surface area contributed by atoms with Gasteiger partial charge in [0.05, 0.1) is 0 Å². The molecule has 1 amide bonds. The maximum absolute atomic E-state index is 12.1. The van der Waals surface area contributed by atoms with Gasteiger partial charge in [-0.2, -0.15) is 0 Å². The minimum absolute atomic E-state index is 0.0956. The van der Waals surface area contributed by atoms with Crippen LogP contribution < -0.4 is 5.32 Å². The van der Waals surface area contributed by atoms with Crippen LogP contribution in [0.3, 0.4) is 0 Å². The molecule has 102 valence electrons. The molecule has 0 aliphatic heterocycles. The highest BCUT2D eigenvalue weighted by atomic mass is 79.9. The van der Waals surface area contributed by atoms with Gasteiger partial charge in [0.15, 0.2) is 5.78 Å². The molecule has 20 heavy (non-hydrogen) atoms. The highest BCUT2D eigenvalue weighted by molar-refractivity contribution is 9.10. The number of halogens is 1. The number of hydrogen-bond acceptors (Lipinski definition) is 3. The summed E-state index contributed by atoms with van der Waals surface area (Å²) in [5, 5.41) is 4.62. The first kappa shape index (κ1) is 14.7. The molecule has 2 rings (SSSR count). The van der Waals surface area contributed by atoms with Crippen LogP contribution in [0.2, 0.25) is 0 Å². The van der Waals surface area contributed by atoms with Crippen LogP contribution in [0.1, 0.15) is 22.2 Å². The van der Waals surface area contributed by atoms with Gasteiger partial charge >= 0.3 is 0 Å². The van der Waals surface area contributed by atoms with Crippen molar-refractivity contribution in [3.8, 4) is 0 Å². The lowest BCUT2D eigenvalue weighted by molar-refractivity contribution is -0.114. The number of amides is 1. The standard InChI is InChI=1S/C15H12BrNO2S/c1-10(18)17-13-4-2-3-11(7-13)15(19)6-5-14-8-12(16)9-20-14/h2-9H,1H3,(H,17,18)/b6-5+. The minimum atomic E-state index is -0.159. The van der Waals surface area contributed by atoms with Crippen LogP contribution >= 0.6 is 27.3 Å². The summed E-state index contributed by atoms with van der Waals surface area (Å²) in [7, 11) is 0. The normalized spacial score (nSPS) is 10.7. The van der Waals surface area contributed by atoms with E-state index in [1.54, 1.807) is 41.7 Å². The fourth-order valence-corrected chi connectivity index (χ4v) is 2.96. The van der Waals surface area contributed by atoms with E-state index in [0.29, 0.717) is 11.3 Å². The van der Waals surface area contributed by atoms with E-state index in [4.69, 9.17) is 0 Å². The lowest BCUT2D eigenvalue weighted by atomic mass is 10.1. The zero-order valence-electron chi connectivity index (χ0n) is 10.7. The Labute approximate surface area is 129 Å². The Morgan fingerprint density at radius 1 is 1.30 bits per heavy atom. The molecule has 0 bridgehead atoms. The van der Waals surface area contributed by atoms with Gasteiger partial charge in [-0.05, 0) is 46.3 Å². The number of allylic oxidation sites excluding steroid dienone is 1. The lowest BCUT2D eigenvalue weighted by Gasteiger charge is -2.03. The van der Waals surface area contributed by atoms with Crippen molar-refractivity contribution >= 4 is 50.7 Å². The Morgan fingerprint density at radius 3 is 2.75 bits per heavy atom. The van der Waals surface area contributed by atoms with E-state index in [0.717, 1.165) is 9.35 Å². The average molecular weight is 350 g/mol. The molecule has 2 aromatic rings. The Balaban J connectivity index is 2.12. The van der Waals surface area contributed by atoms with E-state index in [-0.39, 0.29) is 11.7 Å². The fraction of sp³-hybridized carbons (Fsp3) is 0.0667. The number of hydrogen-bond donors (Lipinski definition) is 1.